The van der Waals surface area contributed by atoms with Gasteiger partial charge in [0.2, 0.25) is 0 Å². The SMILES string of the molecule is COc1ccc(CNC(=O)[C@@H]2Cn3ccnc3C3(CCN(C(=O)c4ccccn4)CC3)O2)cc1. The van der Waals surface area contributed by atoms with Crippen LogP contribution in [-0.2, 0) is 28.2 Å². The third-order valence-corrected chi connectivity index (χ3v) is 6.51. The number of aromatic nitrogens is 3. The number of ether oxygens (including phenoxy) is 2. The number of pyridine rings is 1. The summed E-state index contributed by atoms with van der Waals surface area (Å²) in [5.74, 6) is 1.33. The highest BCUT2D eigenvalue weighted by molar-refractivity contribution is 5.92. The molecule has 4 heterocycles. The van der Waals surface area contributed by atoms with E-state index in [1.54, 1.807) is 36.5 Å². The maximum Gasteiger partial charge on any atom is 0.272 e. The van der Waals surface area contributed by atoms with Crippen molar-refractivity contribution in [3.63, 3.8) is 0 Å². The number of nitrogens with one attached hydrogen (secondary N) is 1. The van der Waals surface area contributed by atoms with E-state index in [0.29, 0.717) is 44.7 Å². The monoisotopic (exact) mass is 461 g/mol. The van der Waals surface area contributed by atoms with Crippen LogP contribution < -0.4 is 10.1 Å². The molecule has 2 aliphatic rings. The van der Waals surface area contributed by atoms with Crippen molar-refractivity contribution in [1.82, 2.24) is 24.8 Å². The second-order valence-electron chi connectivity index (χ2n) is 8.58. The van der Waals surface area contributed by atoms with Gasteiger partial charge in [0.15, 0.2) is 6.10 Å². The van der Waals surface area contributed by atoms with Gasteiger partial charge in [0.1, 0.15) is 22.9 Å². The van der Waals surface area contributed by atoms with Crippen LogP contribution in [0.5, 0.6) is 5.75 Å². The van der Waals surface area contributed by atoms with Crippen LogP contribution in [0.3, 0.4) is 0 Å². The number of likely N-dealkylation sites (tertiary alicyclic amines) is 1. The highest BCUT2D eigenvalue weighted by Crippen LogP contribution is 2.40. The van der Waals surface area contributed by atoms with Gasteiger partial charge in [-0.3, -0.25) is 14.6 Å². The Morgan fingerprint density at radius 3 is 2.62 bits per heavy atom. The first-order chi connectivity index (χ1) is 16.6. The third-order valence-electron chi connectivity index (χ3n) is 6.51. The number of hydrogen-bond acceptors (Lipinski definition) is 6. The topological polar surface area (TPSA) is 98.6 Å². The molecular formula is C25H27N5O4. The predicted molar refractivity (Wildman–Crippen MR) is 123 cm³/mol. The van der Waals surface area contributed by atoms with Gasteiger partial charge in [-0.15, -0.1) is 0 Å². The van der Waals surface area contributed by atoms with E-state index in [4.69, 9.17) is 9.47 Å². The number of rotatable bonds is 5. The zero-order chi connectivity index (χ0) is 23.5. The van der Waals surface area contributed by atoms with E-state index >= 15 is 0 Å². The minimum absolute atomic E-state index is 0.0941. The summed E-state index contributed by atoms with van der Waals surface area (Å²) in [5.41, 5.74) is 0.703. The Hall–Kier alpha value is -3.72. The molecule has 0 saturated carbocycles. The average Bonchev–Trinajstić information content (AvgIpc) is 3.38. The lowest BCUT2D eigenvalue weighted by atomic mass is 9.88. The van der Waals surface area contributed by atoms with Gasteiger partial charge in [-0.05, 0) is 29.8 Å². The van der Waals surface area contributed by atoms with Gasteiger partial charge in [0, 0.05) is 51.1 Å². The van der Waals surface area contributed by atoms with Crippen LogP contribution in [0, 0.1) is 0 Å². The van der Waals surface area contributed by atoms with E-state index in [0.717, 1.165) is 17.1 Å². The zero-order valence-corrected chi connectivity index (χ0v) is 19.0. The van der Waals surface area contributed by atoms with Crippen molar-refractivity contribution in [2.75, 3.05) is 20.2 Å². The van der Waals surface area contributed by atoms with E-state index in [2.05, 4.69) is 15.3 Å². The summed E-state index contributed by atoms with van der Waals surface area (Å²) in [4.78, 5) is 36.4. The molecule has 2 aliphatic heterocycles. The molecule has 1 atom stereocenters. The molecular weight excluding hydrogens is 434 g/mol. The van der Waals surface area contributed by atoms with Gasteiger partial charge >= 0.3 is 0 Å². The van der Waals surface area contributed by atoms with Crippen LogP contribution in [0.15, 0.2) is 61.1 Å². The first kappa shape index (κ1) is 22.1. The molecule has 1 spiro atoms. The number of fused-ring (bicyclic) bond motifs is 2. The largest absolute Gasteiger partial charge is 0.497 e. The fourth-order valence-corrected chi connectivity index (χ4v) is 4.64. The Labute approximate surface area is 197 Å². The lowest BCUT2D eigenvalue weighted by Crippen LogP contribution is -2.54. The van der Waals surface area contributed by atoms with E-state index in [1.807, 2.05) is 41.1 Å². The standard InChI is InChI=1S/C25H27N5O4/c1-33-19-7-5-18(6-8-19)16-28-22(31)21-17-30-15-12-27-24(30)25(34-21)9-13-29(14-10-25)23(32)20-4-2-3-11-26-20/h2-8,11-12,15,21H,9-10,13-14,16-17H2,1H3,(H,28,31)/t21-/m0/s1. The average molecular weight is 462 g/mol. The minimum Gasteiger partial charge on any atom is -0.497 e. The minimum atomic E-state index is -0.704. The molecule has 2 aromatic heterocycles. The van der Waals surface area contributed by atoms with Crippen molar-refractivity contribution >= 4 is 11.8 Å². The summed E-state index contributed by atoms with van der Waals surface area (Å²) in [5, 5.41) is 2.99. The third kappa shape index (κ3) is 4.26. The molecule has 1 fully saturated rings. The molecule has 176 valence electrons. The number of carbonyl (C=O) groups excluding carboxylic acids is 2. The highest BCUT2D eigenvalue weighted by Gasteiger charge is 2.47. The van der Waals surface area contributed by atoms with Crippen molar-refractivity contribution in [3.8, 4) is 5.75 Å². The summed E-state index contributed by atoms with van der Waals surface area (Å²) in [6.45, 7) is 1.81. The molecule has 0 radical (unpaired) electrons. The molecule has 3 aromatic rings. The maximum absolute atomic E-state index is 13.0. The van der Waals surface area contributed by atoms with E-state index in [-0.39, 0.29) is 11.8 Å². The molecule has 1 saturated heterocycles. The summed E-state index contributed by atoms with van der Waals surface area (Å²) in [6, 6.07) is 12.9. The van der Waals surface area contributed by atoms with Gasteiger partial charge in [-0.2, -0.15) is 0 Å². The van der Waals surface area contributed by atoms with E-state index in [9.17, 15) is 9.59 Å². The number of imidazole rings is 1. The zero-order valence-electron chi connectivity index (χ0n) is 19.0. The number of nitrogens with zero attached hydrogens (tertiary/aromatic N) is 4. The Kier molecular flexibility index (Phi) is 6.02. The molecule has 34 heavy (non-hydrogen) atoms. The Morgan fingerprint density at radius 1 is 1.12 bits per heavy atom. The molecule has 0 aliphatic carbocycles. The molecule has 9 nitrogen and oxygen atoms in total. The molecule has 0 unspecified atom stereocenters. The molecule has 0 bridgehead atoms. The lowest BCUT2D eigenvalue weighted by molar-refractivity contribution is -0.172. The van der Waals surface area contributed by atoms with Crippen molar-refractivity contribution in [2.24, 2.45) is 0 Å². The second kappa shape index (κ2) is 9.26. The molecule has 2 amide bonds. The molecule has 9 heteroatoms. The summed E-state index contributed by atoms with van der Waals surface area (Å²) >= 11 is 0. The normalized spacial score (nSPS) is 18.9. The van der Waals surface area contributed by atoms with Crippen LogP contribution in [0.2, 0.25) is 0 Å². The van der Waals surface area contributed by atoms with E-state index in [1.165, 1.54) is 0 Å². The van der Waals surface area contributed by atoms with Crippen molar-refractivity contribution in [2.45, 2.75) is 37.6 Å². The fourth-order valence-electron chi connectivity index (χ4n) is 4.64. The van der Waals surface area contributed by atoms with Gasteiger partial charge < -0.3 is 24.3 Å². The van der Waals surface area contributed by atoms with Crippen LogP contribution in [0.25, 0.3) is 0 Å². The molecule has 1 N–H and O–H groups in total. The summed E-state index contributed by atoms with van der Waals surface area (Å²) in [7, 11) is 1.62. The van der Waals surface area contributed by atoms with Crippen LogP contribution >= 0.6 is 0 Å². The number of methoxy groups -OCH3 is 1. The number of piperidine rings is 1. The van der Waals surface area contributed by atoms with E-state index < -0.39 is 11.7 Å². The molecule has 5 rings (SSSR count). The van der Waals surface area contributed by atoms with Gasteiger partial charge in [0.25, 0.3) is 11.8 Å². The summed E-state index contributed by atoms with van der Waals surface area (Å²) in [6.07, 6.45) is 5.72. The Bertz CT molecular complexity index is 1150. The van der Waals surface area contributed by atoms with Crippen molar-refractivity contribution in [3.05, 3.63) is 78.1 Å². The van der Waals surface area contributed by atoms with Crippen LogP contribution in [-0.4, -0.2) is 57.6 Å². The quantitative estimate of drug-likeness (QED) is 0.625. The smallest absolute Gasteiger partial charge is 0.272 e. The number of carbonyl (C=O) groups is 2. The Balaban J connectivity index is 1.26. The fraction of sp³-hybridized carbons (Fsp3) is 0.360. The lowest BCUT2D eigenvalue weighted by Gasteiger charge is -2.45. The van der Waals surface area contributed by atoms with Crippen LogP contribution in [0.4, 0.5) is 0 Å². The van der Waals surface area contributed by atoms with Gasteiger partial charge in [-0.25, -0.2) is 4.98 Å². The second-order valence-corrected chi connectivity index (χ2v) is 8.58. The highest BCUT2D eigenvalue weighted by atomic mass is 16.5. The number of hydrogen-bond donors (Lipinski definition) is 1. The number of amides is 2. The van der Waals surface area contributed by atoms with Crippen molar-refractivity contribution < 1.29 is 19.1 Å². The first-order valence-electron chi connectivity index (χ1n) is 11.4. The first-order valence-corrected chi connectivity index (χ1v) is 11.4. The number of benzene rings is 1. The van der Waals surface area contributed by atoms with Crippen LogP contribution in [0.1, 0.15) is 34.7 Å². The summed E-state index contributed by atoms with van der Waals surface area (Å²) < 4.78 is 13.6. The molecule has 1 aromatic carbocycles. The maximum atomic E-state index is 13.0. The predicted octanol–water partition coefficient (Wildman–Crippen LogP) is 2.13. The van der Waals surface area contributed by atoms with Gasteiger partial charge in [-0.1, -0.05) is 18.2 Å². The Morgan fingerprint density at radius 2 is 1.91 bits per heavy atom. The van der Waals surface area contributed by atoms with Crippen molar-refractivity contribution in [1.29, 1.82) is 0 Å². The van der Waals surface area contributed by atoms with Gasteiger partial charge in [0.05, 0.1) is 13.7 Å².